The van der Waals surface area contributed by atoms with Crippen LogP contribution in [0.3, 0.4) is 0 Å². The molecule has 0 saturated carbocycles. The highest BCUT2D eigenvalue weighted by Gasteiger charge is 2.30. The maximum absolute atomic E-state index is 5.78. The summed E-state index contributed by atoms with van der Waals surface area (Å²) in [5.41, 5.74) is 1.54. The quantitative estimate of drug-likeness (QED) is 0.795. The molecular weight excluding hydrogens is 222 g/mol. The molecule has 1 aromatic rings. The van der Waals surface area contributed by atoms with Crippen LogP contribution in [-0.4, -0.2) is 18.5 Å². The van der Waals surface area contributed by atoms with Crippen LogP contribution >= 0.6 is 0 Å². The minimum absolute atomic E-state index is 0.209. The molecule has 2 atom stereocenters. The van der Waals surface area contributed by atoms with Crippen molar-refractivity contribution in [1.29, 1.82) is 0 Å². The van der Waals surface area contributed by atoms with Gasteiger partial charge >= 0.3 is 0 Å². The largest absolute Gasteiger partial charge is 0.478 e. The van der Waals surface area contributed by atoms with Crippen LogP contribution in [-0.2, 0) is 11.2 Å². The standard InChI is InChI=1S/C16H23NO/c1-12(16(2,3)4)15-17-14(11-18-15)10-13-8-6-5-7-9-13/h5-9,12,14H,10-11H2,1-4H3/t12-,14+/m1/s1. The molecule has 98 valence electrons. The smallest absolute Gasteiger partial charge is 0.187 e. The van der Waals surface area contributed by atoms with E-state index in [2.05, 4.69) is 52.0 Å². The predicted molar refractivity (Wildman–Crippen MR) is 75.9 cm³/mol. The molecule has 1 heterocycles. The van der Waals surface area contributed by atoms with E-state index in [1.165, 1.54) is 5.56 Å². The van der Waals surface area contributed by atoms with Crippen LogP contribution in [0.5, 0.6) is 0 Å². The van der Waals surface area contributed by atoms with E-state index in [1.807, 2.05) is 6.07 Å². The first-order valence-corrected chi connectivity index (χ1v) is 6.71. The lowest BCUT2D eigenvalue weighted by molar-refractivity contribution is 0.250. The lowest BCUT2D eigenvalue weighted by Gasteiger charge is -2.26. The molecule has 0 fully saturated rings. The summed E-state index contributed by atoms with van der Waals surface area (Å²) < 4.78 is 5.78. The van der Waals surface area contributed by atoms with Crippen molar-refractivity contribution in [1.82, 2.24) is 0 Å². The molecule has 0 aromatic heterocycles. The molecule has 0 radical (unpaired) electrons. The topological polar surface area (TPSA) is 21.6 Å². The third-order valence-electron chi connectivity index (χ3n) is 3.72. The average molecular weight is 245 g/mol. The van der Waals surface area contributed by atoms with Crippen molar-refractivity contribution in [3.8, 4) is 0 Å². The van der Waals surface area contributed by atoms with Crippen LogP contribution in [0, 0.1) is 11.3 Å². The number of ether oxygens (including phenoxy) is 1. The molecule has 1 aliphatic heterocycles. The van der Waals surface area contributed by atoms with Crippen LogP contribution in [0.1, 0.15) is 33.3 Å². The zero-order valence-corrected chi connectivity index (χ0v) is 11.8. The molecular formula is C16H23NO. The van der Waals surface area contributed by atoms with E-state index in [1.54, 1.807) is 0 Å². The Bertz CT molecular complexity index is 416. The highest BCUT2D eigenvalue weighted by Crippen LogP contribution is 2.29. The van der Waals surface area contributed by atoms with E-state index in [4.69, 9.17) is 9.73 Å². The monoisotopic (exact) mass is 245 g/mol. The molecule has 2 nitrogen and oxygen atoms in total. The van der Waals surface area contributed by atoms with Gasteiger partial charge in [0.15, 0.2) is 5.90 Å². The van der Waals surface area contributed by atoms with Crippen molar-refractivity contribution in [2.75, 3.05) is 6.61 Å². The van der Waals surface area contributed by atoms with Gasteiger partial charge in [-0.25, -0.2) is 4.99 Å². The fourth-order valence-electron chi connectivity index (χ4n) is 2.03. The second-order valence-corrected chi connectivity index (χ2v) is 6.21. The molecule has 0 unspecified atom stereocenters. The number of aliphatic imine (C=N–C) groups is 1. The van der Waals surface area contributed by atoms with Crippen LogP contribution < -0.4 is 0 Å². The van der Waals surface area contributed by atoms with E-state index in [9.17, 15) is 0 Å². The Morgan fingerprint density at radius 1 is 1.28 bits per heavy atom. The molecule has 0 spiro atoms. The highest BCUT2D eigenvalue weighted by molar-refractivity contribution is 5.80. The van der Waals surface area contributed by atoms with Crippen LogP contribution in [0.4, 0.5) is 0 Å². The molecule has 0 N–H and O–H groups in total. The first-order chi connectivity index (χ1) is 8.47. The molecule has 0 amide bonds. The maximum atomic E-state index is 5.78. The van der Waals surface area contributed by atoms with Gasteiger partial charge in [0.2, 0.25) is 0 Å². The van der Waals surface area contributed by atoms with Crippen LogP contribution in [0.2, 0.25) is 0 Å². The van der Waals surface area contributed by atoms with Gasteiger partial charge in [-0.2, -0.15) is 0 Å². The Hall–Kier alpha value is -1.31. The summed E-state index contributed by atoms with van der Waals surface area (Å²) in [6.45, 7) is 9.62. The average Bonchev–Trinajstić information content (AvgIpc) is 2.76. The molecule has 1 aliphatic rings. The number of benzene rings is 1. The lowest BCUT2D eigenvalue weighted by atomic mass is 9.82. The number of nitrogens with zero attached hydrogens (tertiary/aromatic N) is 1. The van der Waals surface area contributed by atoms with Crippen molar-refractivity contribution in [3.63, 3.8) is 0 Å². The second-order valence-electron chi connectivity index (χ2n) is 6.21. The van der Waals surface area contributed by atoms with Crippen molar-refractivity contribution >= 4 is 5.90 Å². The Balaban J connectivity index is 2.01. The fourth-order valence-corrected chi connectivity index (χ4v) is 2.03. The first kappa shape index (κ1) is 13.1. The fraction of sp³-hybridized carbons (Fsp3) is 0.562. The van der Waals surface area contributed by atoms with Gasteiger partial charge in [-0.3, -0.25) is 0 Å². The van der Waals surface area contributed by atoms with Crippen LogP contribution in [0.15, 0.2) is 35.3 Å². The summed E-state index contributed by atoms with van der Waals surface area (Å²) >= 11 is 0. The molecule has 1 aromatic carbocycles. The molecule has 2 rings (SSSR count). The Labute approximate surface area is 110 Å². The highest BCUT2D eigenvalue weighted by atomic mass is 16.5. The van der Waals surface area contributed by atoms with Gasteiger partial charge in [0.1, 0.15) is 6.61 Å². The Morgan fingerprint density at radius 2 is 1.94 bits per heavy atom. The predicted octanol–water partition coefficient (Wildman–Crippen LogP) is 3.71. The van der Waals surface area contributed by atoms with Gasteiger partial charge in [0.05, 0.1) is 6.04 Å². The Morgan fingerprint density at radius 3 is 2.56 bits per heavy atom. The van der Waals surface area contributed by atoms with Gasteiger partial charge in [-0.1, -0.05) is 58.0 Å². The number of hydrogen-bond donors (Lipinski definition) is 0. The van der Waals surface area contributed by atoms with E-state index in [-0.39, 0.29) is 11.5 Å². The normalized spacial score (nSPS) is 21.3. The van der Waals surface area contributed by atoms with Crippen molar-refractivity contribution < 1.29 is 4.74 Å². The zero-order chi connectivity index (χ0) is 13.2. The second kappa shape index (κ2) is 5.13. The Kier molecular flexibility index (Phi) is 3.74. The molecule has 0 saturated heterocycles. The van der Waals surface area contributed by atoms with Crippen molar-refractivity contribution in [2.45, 2.75) is 40.2 Å². The third kappa shape index (κ3) is 3.12. The summed E-state index contributed by atoms with van der Waals surface area (Å²) in [6.07, 6.45) is 0.973. The first-order valence-electron chi connectivity index (χ1n) is 6.71. The van der Waals surface area contributed by atoms with Gasteiger partial charge in [-0.15, -0.1) is 0 Å². The molecule has 2 heteroatoms. The summed E-state index contributed by atoms with van der Waals surface area (Å²) in [5.74, 6) is 1.31. The van der Waals surface area contributed by atoms with Crippen molar-refractivity contribution in [2.24, 2.45) is 16.3 Å². The SMILES string of the molecule is C[C@H](C1=N[C@@H](Cc2ccccc2)CO1)C(C)(C)C. The van der Waals surface area contributed by atoms with Gasteiger partial charge < -0.3 is 4.74 Å². The van der Waals surface area contributed by atoms with Gasteiger partial charge in [0, 0.05) is 5.92 Å². The number of hydrogen-bond acceptors (Lipinski definition) is 2. The minimum Gasteiger partial charge on any atom is -0.478 e. The summed E-state index contributed by atoms with van der Waals surface area (Å²) in [4.78, 5) is 4.74. The summed E-state index contributed by atoms with van der Waals surface area (Å²) in [7, 11) is 0. The summed E-state index contributed by atoms with van der Waals surface area (Å²) in [5, 5.41) is 0. The van der Waals surface area contributed by atoms with E-state index in [0.717, 1.165) is 18.9 Å². The van der Waals surface area contributed by atoms with E-state index >= 15 is 0 Å². The maximum Gasteiger partial charge on any atom is 0.187 e. The molecule has 0 aliphatic carbocycles. The zero-order valence-electron chi connectivity index (χ0n) is 11.8. The van der Waals surface area contributed by atoms with Crippen molar-refractivity contribution in [3.05, 3.63) is 35.9 Å². The lowest BCUT2D eigenvalue weighted by Crippen LogP contribution is -2.25. The molecule has 18 heavy (non-hydrogen) atoms. The van der Waals surface area contributed by atoms with Gasteiger partial charge in [0.25, 0.3) is 0 Å². The van der Waals surface area contributed by atoms with E-state index < -0.39 is 0 Å². The summed E-state index contributed by atoms with van der Waals surface area (Å²) in [6, 6.07) is 10.8. The third-order valence-corrected chi connectivity index (χ3v) is 3.72. The minimum atomic E-state index is 0.209. The van der Waals surface area contributed by atoms with E-state index in [0.29, 0.717) is 5.92 Å². The van der Waals surface area contributed by atoms with Crippen LogP contribution in [0.25, 0.3) is 0 Å². The molecule has 0 bridgehead atoms. The number of rotatable bonds is 3. The van der Waals surface area contributed by atoms with Gasteiger partial charge in [-0.05, 0) is 17.4 Å².